The largest absolute Gasteiger partial charge is 0.382 e. The fourth-order valence-corrected chi connectivity index (χ4v) is 2.13. The number of nitrogen functional groups attached to an aromatic ring is 1. The molecule has 3 nitrogen and oxygen atoms in total. The molecule has 3 rings (SSSR count). The van der Waals surface area contributed by atoms with Crippen molar-refractivity contribution in [3.05, 3.63) is 23.3 Å². The van der Waals surface area contributed by atoms with Crippen LogP contribution in [0.5, 0.6) is 0 Å². The summed E-state index contributed by atoms with van der Waals surface area (Å²) < 4.78 is 0. The van der Waals surface area contributed by atoms with Gasteiger partial charge in [-0.15, -0.1) is 0 Å². The summed E-state index contributed by atoms with van der Waals surface area (Å²) in [5.41, 5.74) is 9.69. The van der Waals surface area contributed by atoms with E-state index in [0.717, 1.165) is 16.8 Å². The van der Waals surface area contributed by atoms with Gasteiger partial charge in [0.15, 0.2) is 5.82 Å². The minimum Gasteiger partial charge on any atom is -0.382 e. The topological polar surface area (TPSA) is 54.7 Å². The number of aryl methyl sites for hydroxylation is 1. The minimum absolute atomic E-state index is 0.613. The van der Waals surface area contributed by atoms with Crippen molar-refractivity contribution in [3.63, 3.8) is 0 Å². The third kappa shape index (κ3) is 0.953. The van der Waals surface area contributed by atoms with Crippen LogP contribution in [0, 0.1) is 6.92 Å². The van der Waals surface area contributed by atoms with E-state index >= 15 is 0 Å². The lowest BCUT2D eigenvalue weighted by atomic mass is 10.0. The van der Waals surface area contributed by atoms with Gasteiger partial charge in [0.05, 0.1) is 5.52 Å². The first-order valence-corrected chi connectivity index (χ1v) is 5.00. The average Bonchev–Trinajstić information content (AvgIpc) is 2.92. The van der Waals surface area contributed by atoms with E-state index in [1.807, 2.05) is 0 Å². The average molecular weight is 187 g/mol. The Hall–Kier alpha value is -1.51. The molecule has 1 saturated carbocycles. The number of hydrogen-bond donors (Lipinski definition) is 2. The maximum Gasteiger partial charge on any atom is 0.153 e. The van der Waals surface area contributed by atoms with Gasteiger partial charge in [0.2, 0.25) is 0 Å². The van der Waals surface area contributed by atoms with Gasteiger partial charge in [-0.2, -0.15) is 5.10 Å². The third-order valence-corrected chi connectivity index (χ3v) is 3.01. The van der Waals surface area contributed by atoms with E-state index in [9.17, 15) is 0 Å². The van der Waals surface area contributed by atoms with Crippen LogP contribution >= 0.6 is 0 Å². The maximum atomic E-state index is 5.77. The lowest BCUT2D eigenvalue weighted by molar-refractivity contribution is 1.07. The Balaban J connectivity index is 2.37. The summed E-state index contributed by atoms with van der Waals surface area (Å²) in [7, 11) is 0. The van der Waals surface area contributed by atoms with Crippen LogP contribution < -0.4 is 5.73 Å². The molecule has 3 N–H and O–H groups in total. The molecule has 1 aromatic heterocycles. The molecule has 1 aliphatic carbocycles. The van der Waals surface area contributed by atoms with E-state index < -0.39 is 0 Å². The summed E-state index contributed by atoms with van der Waals surface area (Å²) in [5.74, 6) is 1.35. The molecular formula is C11H13N3. The van der Waals surface area contributed by atoms with Crippen molar-refractivity contribution in [2.24, 2.45) is 0 Å². The van der Waals surface area contributed by atoms with Crippen molar-refractivity contribution in [2.75, 3.05) is 5.73 Å². The van der Waals surface area contributed by atoms with E-state index in [4.69, 9.17) is 5.73 Å². The zero-order chi connectivity index (χ0) is 9.71. The van der Waals surface area contributed by atoms with Gasteiger partial charge in [0.1, 0.15) is 0 Å². The Labute approximate surface area is 82.3 Å². The lowest BCUT2D eigenvalue weighted by Gasteiger charge is -2.04. The van der Waals surface area contributed by atoms with E-state index in [1.54, 1.807) is 0 Å². The number of H-pyrrole nitrogens is 1. The standard InChI is InChI=1S/C11H13N3/c1-6-2-5-8-10(13-14-11(8)12)9(6)7-3-4-7/h2,5,7H,3-4H2,1H3,(H3,12,13,14). The number of aromatic nitrogens is 2. The highest BCUT2D eigenvalue weighted by molar-refractivity contribution is 5.92. The number of nitrogens with two attached hydrogens (primary N) is 1. The second kappa shape index (κ2) is 2.50. The van der Waals surface area contributed by atoms with Crippen LogP contribution in [0.4, 0.5) is 5.82 Å². The normalized spacial score (nSPS) is 16.4. The molecule has 0 radical (unpaired) electrons. The molecular weight excluding hydrogens is 174 g/mol. The van der Waals surface area contributed by atoms with Crippen LogP contribution in [0.25, 0.3) is 10.9 Å². The summed E-state index contributed by atoms with van der Waals surface area (Å²) in [6, 6.07) is 4.19. The molecule has 1 aromatic carbocycles. The zero-order valence-corrected chi connectivity index (χ0v) is 8.17. The van der Waals surface area contributed by atoms with E-state index in [0.29, 0.717) is 5.82 Å². The molecule has 1 aliphatic rings. The molecule has 1 heterocycles. The molecule has 2 aromatic rings. The van der Waals surface area contributed by atoms with Crippen LogP contribution in [-0.4, -0.2) is 10.2 Å². The summed E-state index contributed by atoms with van der Waals surface area (Å²) in [4.78, 5) is 0. The second-order valence-corrected chi connectivity index (χ2v) is 4.10. The van der Waals surface area contributed by atoms with Crippen molar-refractivity contribution < 1.29 is 0 Å². The smallest absolute Gasteiger partial charge is 0.153 e. The number of fused-ring (bicyclic) bond motifs is 1. The SMILES string of the molecule is Cc1ccc2c(N)n[nH]c2c1C1CC1. The van der Waals surface area contributed by atoms with Crippen molar-refractivity contribution in [1.82, 2.24) is 10.2 Å². The monoisotopic (exact) mass is 187 g/mol. The number of aromatic amines is 1. The van der Waals surface area contributed by atoms with Crippen LogP contribution in [-0.2, 0) is 0 Å². The van der Waals surface area contributed by atoms with Crippen molar-refractivity contribution in [2.45, 2.75) is 25.7 Å². The molecule has 14 heavy (non-hydrogen) atoms. The van der Waals surface area contributed by atoms with Gasteiger partial charge < -0.3 is 5.73 Å². The minimum atomic E-state index is 0.613. The summed E-state index contributed by atoms with van der Waals surface area (Å²) in [5, 5.41) is 8.17. The second-order valence-electron chi connectivity index (χ2n) is 4.10. The molecule has 72 valence electrons. The molecule has 1 fully saturated rings. The predicted octanol–water partition coefficient (Wildman–Crippen LogP) is 2.33. The number of rotatable bonds is 1. The van der Waals surface area contributed by atoms with Crippen LogP contribution in [0.1, 0.15) is 29.9 Å². The van der Waals surface area contributed by atoms with Gasteiger partial charge >= 0.3 is 0 Å². The van der Waals surface area contributed by atoms with Crippen molar-refractivity contribution in [3.8, 4) is 0 Å². The summed E-state index contributed by atoms with van der Waals surface area (Å²) in [6.45, 7) is 2.16. The zero-order valence-electron chi connectivity index (χ0n) is 8.17. The fraction of sp³-hybridized carbons (Fsp3) is 0.364. The first-order chi connectivity index (χ1) is 6.77. The van der Waals surface area contributed by atoms with Crippen LogP contribution in [0.15, 0.2) is 12.1 Å². The van der Waals surface area contributed by atoms with E-state index in [-0.39, 0.29) is 0 Å². The van der Waals surface area contributed by atoms with Gasteiger partial charge in [-0.25, -0.2) is 0 Å². The number of nitrogens with one attached hydrogen (secondary N) is 1. The number of hydrogen-bond acceptors (Lipinski definition) is 2. The summed E-state index contributed by atoms with van der Waals surface area (Å²) in [6.07, 6.45) is 2.61. The number of anilines is 1. The number of nitrogens with zero attached hydrogens (tertiary/aromatic N) is 1. The molecule has 0 aliphatic heterocycles. The summed E-state index contributed by atoms with van der Waals surface area (Å²) >= 11 is 0. The first-order valence-electron chi connectivity index (χ1n) is 5.00. The Bertz CT molecular complexity index is 494. The van der Waals surface area contributed by atoms with Gasteiger partial charge in [0, 0.05) is 5.39 Å². The van der Waals surface area contributed by atoms with Gasteiger partial charge in [0.25, 0.3) is 0 Å². The fourth-order valence-electron chi connectivity index (χ4n) is 2.13. The molecule has 0 spiro atoms. The van der Waals surface area contributed by atoms with Crippen LogP contribution in [0.3, 0.4) is 0 Å². The molecule has 0 saturated heterocycles. The molecule has 0 bridgehead atoms. The Morgan fingerprint density at radius 2 is 2.21 bits per heavy atom. The van der Waals surface area contributed by atoms with Gasteiger partial charge in [-0.05, 0) is 42.9 Å². The quantitative estimate of drug-likeness (QED) is 0.719. The molecule has 3 heteroatoms. The Morgan fingerprint density at radius 1 is 1.43 bits per heavy atom. The Kier molecular flexibility index (Phi) is 1.40. The highest BCUT2D eigenvalue weighted by atomic mass is 15.2. The highest BCUT2D eigenvalue weighted by Gasteiger charge is 2.27. The van der Waals surface area contributed by atoms with Gasteiger partial charge in [-0.1, -0.05) is 6.07 Å². The molecule has 0 unspecified atom stereocenters. The maximum absolute atomic E-state index is 5.77. The first kappa shape index (κ1) is 7.85. The number of benzene rings is 1. The highest BCUT2D eigenvalue weighted by Crippen LogP contribution is 2.44. The third-order valence-electron chi connectivity index (χ3n) is 3.01. The van der Waals surface area contributed by atoms with E-state index in [1.165, 1.54) is 24.0 Å². The van der Waals surface area contributed by atoms with E-state index in [2.05, 4.69) is 29.3 Å². The Morgan fingerprint density at radius 3 is 2.93 bits per heavy atom. The molecule has 0 amide bonds. The van der Waals surface area contributed by atoms with Crippen molar-refractivity contribution >= 4 is 16.7 Å². The van der Waals surface area contributed by atoms with Crippen LogP contribution in [0.2, 0.25) is 0 Å². The lowest BCUT2D eigenvalue weighted by Crippen LogP contribution is -1.88. The predicted molar refractivity (Wildman–Crippen MR) is 57.2 cm³/mol. The van der Waals surface area contributed by atoms with Crippen molar-refractivity contribution in [1.29, 1.82) is 0 Å². The molecule has 0 atom stereocenters. The van der Waals surface area contributed by atoms with Gasteiger partial charge in [-0.3, -0.25) is 5.10 Å².